The lowest BCUT2D eigenvalue weighted by atomic mass is 10.2. The lowest BCUT2D eigenvalue weighted by Gasteiger charge is -2.04. The highest BCUT2D eigenvalue weighted by molar-refractivity contribution is 7.98. The minimum atomic E-state index is -0.194. The Bertz CT molecular complexity index is 482. The number of hydrogen-bond acceptors (Lipinski definition) is 2. The summed E-state index contributed by atoms with van der Waals surface area (Å²) in [6.45, 7) is 0. The van der Waals surface area contributed by atoms with Gasteiger partial charge in [-0.05, 0) is 35.9 Å². The van der Waals surface area contributed by atoms with Crippen LogP contribution in [0.15, 0.2) is 53.4 Å². The number of rotatable bonds is 4. The third-order valence-electron chi connectivity index (χ3n) is 2.36. The summed E-state index contributed by atoms with van der Waals surface area (Å²) in [7, 11) is 1.66. The predicted molar refractivity (Wildman–Crippen MR) is 69.0 cm³/mol. The van der Waals surface area contributed by atoms with Gasteiger partial charge in [0.05, 0.1) is 7.11 Å². The van der Waals surface area contributed by atoms with E-state index in [0.717, 1.165) is 22.0 Å². The molecule has 0 saturated heterocycles. The molecule has 0 heterocycles. The number of halogens is 1. The Kier molecular flexibility index (Phi) is 4.04. The Balaban J connectivity index is 1.99. The van der Waals surface area contributed by atoms with Crippen LogP contribution in [0.4, 0.5) is 4.39 Å². The standard InChI is InChI=1S/C14H13FOS/c1-16-13-3-2-4-14(9-13)17-10-11-5-7-12(15)8-6-11/h2-9H,10H2,1H3. The minimum absolute atomic E-state index is 0.194. The molecule has 0 bridgehead atoms. The predicted octanol–water partition coefficient (Wildman–Crippen LogP) is 4.13. The Morgan fingerprint density at radius 2 is 1.88 bits per heavy atom. The molecule has 2 rings (SSSR count). The third kappa shape index (κ3) is 3.49. The van der Waals surface area contributed by atoms with E-state index in [-0.39, 0.29) is 5.82 Å². The van der Waals surface area contributed by atoms with E-state index in [1.165, 1.54) is 12.1 Å². The van der Waals surface area contributed by atoms with Crippen molar-refractivity contribution in [2.75, 3.05) is 7.11 Å². The van der Waals surface area contributed by atoms with Crippen molar-refractivity contribution < 1.29 is 9.13 Å². The van der Waals surface area contributed by atoms with E-state index in [2.05, 4.69) is 0 Å². The van der Waals surface area contributed by atoms with E-state index in [9.17, 15) is 4.39 Å². The first-order valence-corrected chi connectivity index (χ1v) is 6.28. The molecular weight excluding hydrogens is 235 g/mol. The van der Waals surface area contributed by atoms with Gasteiger partial charge in [0.1, 0.15) is 11.6 Å². The van der Waals surface area contributed by atoms with Crippen LogP contribution in [0.25, 0.3) is 0 Å². The maximum Gasteiger partial charge on any atom is 0.123 e. The van der Waals surface area contributed by atoms with Crippen LogP contribution in [0, 0.1) is 5.82 Å². The molecule has 88 valence electrons. The molecule has 0 unspecified atom stereocenters. The van der Waals surface area contributed by atoms with Crippen molar-refractivity contribution >= 4 is 11.8 Å². The van der Waals surface area contributed by atoms with Crippen molar-refractivity contribution in [1.82, 2.24) is 0 Å². The van der Waals surface area contributed by atoms with Crippen molar-refractivity contribution in [1.29, 1.82) is 0 Å². The first-order chi connectivity index (χ1) is 8.28. The van der Waals surface area contributed by atoms with Gasteiger partial charge in [-0.1, -0.05) is 18.2 Å². The van der Waals surface area contributed by atoms with Gasteiger partial charge in [0, 0.05) is 10.6 Å². The molecule has 0 amide bonds. The molecule has 0 aliphatic heterocycles. The van der Waals surface area contributed by atoms with Crippen LogP contribution in [0.1, 0.15) is 5.56 Å². The first kappa shape index (κ1) is 12.0. The Labute approximate surface area is 105 Å². The van der Waals surface area contributed by atoms with E-state index >= 15 is 0 Å². The fourth-order valence-corrected chi connectivity index (χ4v) is 2.34. The molecule has 2 aromatic rings. The molecule has 0 aromatic heterocycles. The van der Waals surface area contributed by atoms with Crippen LogP contribution in [-0.4, -0.2) is 7.11 Å². The van der Waals surface area contributed by atoms with Gasteiger partial charge in [0.2, 0.25) is 0 Å². The molecule has 0 aliphatic carbocycles. The summed E-state index contributed by atoms with van der Waals surface area (Å²) in [6.07, 6.45) is 0. The highest BCUT2D eigenvalue weighted by Gasteiger charge is 1.98. The smallest absolute Gasteiger partial charge is 0.123 e. The van der Waals surface area contributed by atoms with Crippen molar-refractivity contribution in [2.45, 2.75) is 10.6 Å². The summed E-state index contributed by atoms with van der Waals surface area (Å²) in [5, 5.41) is 0. The quantitative estimate of drug-likeness (QED) is 0.752. The summed E-state index contributed by atoms with van der Waals surface area (Å²) in [4.78, 5) is 1.15. The lowest BCUT2D eigenvalue weighted by molar-refractivity contribution is 0.413. The molecule has 0 N–H and O–H groups in total. The highest BCUT2D eigenvalue weighted by Crippen LogP contribution is 2.25. The van der Waals surface area contributed by atoms with Gasteiger partial charge in [-0.15, -0.1) is 11.8 Å². The van der Waals surface area contributed by atoms with Crippen molar-refractivity contribution in [3.8, 4) is 5.75 Å². The summed E-state index contributed by atoms with van der Waals surface area (Å²) in [5.74, 6) is 1.49. The molecule has 0 fully saturated rings. The largest absolute Gasteiger partial charge is 0.497 e. The second-order valence-corrected chi connectivity index (χ2v) is 4.64. The zero-order valence-corrected chi connectivity index (χ0v) is 10.3. The van der Waals surface area contributed by atoms with Gasteiger partial charge in [0.15, 0.2) is 0 Å². The van der Waals surface area contributed by atoms with Gasteiger partial charge in [-0.3, -0.25) is 0 Å². The Hall–Kier alpha value is -1.48. The van der Waals surface area contributed by atoms with Crippen LogP contribution >= 0.6 is 11.8 Å². The van der Waals surface area contributed by atoms with Crippen LogP contribution in [0.3, 0.4) is 0 Å². The zero-order chi connectivity index (χ0) is 12.1. The Morgan fingerprint density at radius 1 is 1.12 bits per heavy atom. The van der Waals surface area contributed by atoms with E-state index < -0.39 is 0 Å². The zero-order valence-electron chi connectivity index (χ0n) is 9.52. The number of hydrogen-bond donors (Lipinski definition) is 0. The molecular formula is C14H13FOS. The monoisotopic (exact) mass is 248 g/mol. The highest BCUT2D eigenvalue weighted by atomic mass is 32.2. The van der Waals surface area contributed by atoms with E-state index in [1.807, 2.05) is 36.4 Å². The topological polar surface area (TPSA) is 9.23 Å². The van der Waals surface area contributed by atoms with Gasteiger partial charge in [-0.2, -0.15) is 0 Å². The number of methoxy groups -OCH3 is 1. The molecule has 0 aliphatic rings. The molecule has 0 radical (unpaired) electrons. The molecule has 0 saturated carbocycles. The fraction of sp³-hybridized carbons (Fsp3) is 0.143. The van der Waals surface area contributed by atoms with Crippen LogP contribution < -0.4 is 4.74 Å². The second kappa shape index (κ2) is 5.73. The average Bonchev–Trinajstić information content (AvgIpc) is 2.38. The van der Waals surface area contributed by atoms with Gasteiger partial charge < -0.3 is 4.74 Å². The van der Waals surface area contributed by atoms with Crippen LogP contribution in [-0.2, 0) is 5.75 Å². The van der Waals surface area contributed by atoms with Crippen molar-refractivity contribution in [2.24, 2.45) is 0 Å². The molecule has 1 nitrogen and oxygen atoms in total. The maximum atomic E-state index is 12.7. The molecule has 0 spiro atoms. The van der Waals surface area contributed by atoms with Crippen molar-refractivity contribution in [3.63, 3.8) is 0 Å². The average molecular weight is 248 g/mol. The number of thioether (sulfide) groups is 1. The molecule has 0 atom stereocenters. The number of benzene rings is 2. The summed E-state index contributed by atoms with van der Waals surface area (Å²) >= 11 is 1.71. The minimum Gasteiger partial charge on any atom is -0.497 e. The molecule has 17 heavy (non-hydrogen) atoms. The van der Waals surface area contributed by atoms with E-state index in [0.29, 0.717) is 0 Å². The fourth-order valence-electron chi connectivity index (χ4n) is 1.44. The van der Waals surface area contributed by atoms with Crippen molar-refractivity contribution in [3.05, 3.63) is 59.9 Å². The van der Waals surface area contributed by atoms with Gasteiger partial charge in [0.25, 0.3) is 0 Å². The van der Waals surface area contributed by atoms with Gasteiger partial charge >= 0.3 is 0 Å². The number of ether oxygens (including phenoxy) is 1. The third-order valence-corrected chi connectivity index (χ3v) is 3.42. The van der Waals surface area contributed by atoms with E-state index in [4.69, 9.17) is 4.74 Å². The summed E-state index contributed by atoms with van der Waals surface area (Å²) in [5.41, 5.74) is 1.11. The maximum absolute atomic E-state index is 12.7. The van der Waals surface area contributed by atoms with E-state index in [1.54, 1.807) is 18.9 Å². The Morgan fingerprint density at radius 3 is 2.59 bits per heavy atom. The summed E-state index contributed by atoms with van der Waals surface area (Å²) in [6, 6.07) is 14.5. The van der Waals surface area contributed by atoms with Crippen LogP contribution in [0.5, 0.6) is 5.75 Å². The van der Waals surface area contributed by atoms with Gasteiger partial charge in [-0.25, -0.2) is 4.39 Å². The van der Waals surface area contributed by atoms with Crippen LogP contribution in [0.2, 0.25) is 0 Å². The molecule has 3 heteroatoms. The SMILES string of the molecule is COc1cccc(SCc2ccc(F)cc2)c1. The summed E-state index contributed by atoms with van der Waals surface area (Å²) < 4.78 is 17.9. The normalized spacial score (nSPS) is 10.2. The lowest BCUT2D eigenvalue weighted by Crippen LogP contribution is -1.84. The second-order valence-electron chi connectivity index (χ2n) is 3.59. The first-order valence-electron chi connectivity index (χ1n) is 5.29. The molecule has 2 aromatic carbocycles.